The van der Waals surface area contributed by atoms with E-state index in [2.05, 4.69) is 20.2 Å². The molecule has 168 valence electrons. The molecule has 0 bridgehead atoms. The molecule has 6 rings (SSSR count). The van der Waals surface area contributed by atoms with Gasteiger partial charge >= 0.3 is 0 Å². The number of ether oxygens (including phenoxy) is 2. The van der Waals surface area contributed by atoms with Crippen LogP contribution in [0.1, 0.15) is 32.1 Å². The zero-order valence-corrected chi connectivity index (χ0v) is 18.6. The van der Waals surface area contributed by atoms with Gasteiger partial charge in [0.15, 0.2) is 17.2 Å². The average Bonchev–Trinajstić information content (AvgIpc) is 3.54. The Morgan fingerprint density at radius 1 is 1.18 bits per heavy atom. The van der Waals surface area contributed by atoms with Crippen molar-refractivity contribution in [3.8, 4) is 22.6 Å². The highest BCUT2D eigenvalue weighted by molar-refractivity contribution is 7.05. The molecule has 0 spiro atoms. The minimum absolute atomic E-state index is 0.00107. The van der Waals surface area contributed by atoms with Gasteiger partial charge < -0.3 is 25.0 Å². The van der Waals surface area contributed by atoms with Crippen molar-refractivity contribution in [2.24, 2.45) is 0 Å². The van der Waals surface area contributed by atoms with Crippen molar-refractivity contribution in [3.05, 3.63) is 52.5 Å². The number of rotatable bonds is 3. The third-order valence-corrected chi connectivity index (χ3v) is 6.99. The first kappa shape index (κ1) is 20.0. The summed E-state index contributed by atoms with van der Waals surface area (Å²) < 4.78 is 14.7. The Labute approximate surface area is 193 Å². The maximum absolute atomic E-state index is 13.5. The van der Waals surface area contributed by atoms with Crippen molar-refractivity contribution in [3.63, 3.8) is 0 Å². The van der Waals surface area contributed by atoms with E-state index < -0.39 is 0 Å². The van der Waals surface area contributed by atoms with Gasteiger partial charge in [0, 0.05) is 24.8 Å². The molecule has 2 N–H and O–H groups in total. The standard InChI is InChI=1S/C23H21N5O4S/c1-12-21(26-27-33-12)22(29)25-15-8-16-9-24-18-4-2-13(6-17(18)23(30)28(16)10-15)14-3-5-19-20(7-14)32-11-31-19/h2-7,15-16,24H,8-11H2,1H3,(H,25,29)/t15?,16-/m0/s1. The molecule has 3 aromatic rings. The number of hydrogen-bond acceptors (Lipinski definition) is 8. The van der Waals surface area contributed by atoms with E-state index in [1.54, 1.807) is 0 Å². The number of hydrogen-bond donors (Lipinski definition) is 2. The number of anilines is 1. The van der Waals surface area contributed by atoms with E-state index in [9.17, 15) is 9.59 Å². The highest BCUT2D eigenvalue weighted by atomic mass is 32.1. The molecule has 3 aliphatic rings. The molecular weight excluding hydrogens is 442 g/mol. The summed E-state index contributed by atoms with van der Waals surface area (Å²) >= 11 is 1.20. The molecule has 2 atom stereocenters. The summed E-state index contributed by atoms with van der Waals surface area (Å²) in [7, 11) is 0. The fraction of sp³-hybridized carbons (Fsp3) is 0.304. The van der Waals surface area contributed by atoms with Gasteiger partial charge in [0.1, 0.15) is 0 Å². The van der Waals surface area contributed by atoms with Crippen LogP contribution in [0.2, 0.25) is 0 Å². The van der Waals surface area contributed by atoms with E-state index in [0.717, 1.165) is 27.4 Å². The largest absolute Gasteiger partial charge is 0.454 e. The molecule has 33 heavy (non-hydrogen) atoms. The molecule has 1 unspecified atom stereocenters. The molecule has 0 saturated carbocycles. The smallest absolute Gasteiger partial charge is 0.273 e. The van der Waals surface area contributed by atoms with Gasteiger partial charge in [-0.3, -0.25) is 9.59 Å². The molecule has 0 radical (unpaired) electrons. The van der Waals surface area contributed by atoms with Crippen LogP contribution in [0.4, 0.5) is 5.69 Å². The highest BCUT2D eigenvalue weighted by Gasteiger charge is 2.39. The molecule has 1 aromatic heterocycles. The molecule has 3 aliphatic heterocycles. The van der Waals surface area contributed by atoms with Gasteiger partial charge in [-0.2, -0.15) is 0 Å². The van der Waals surface area contributed by atoms with Crippen LogP contribution in [0.3, 0.4) is 0 Å². The summed E-state index contributed by atoms with van der Waals surface area (Å²) in [6.07, 6.45) is 0.685. The van der Waals surface area contributed by atoms with Crippen LogP contribution in [-0.4, -0.2) is 58.3 Å². The van der Waals surface area contributed by atoms with E-state index in [1.165, 1.54) is 11.5 Å². The number of nitrogens with zero attached hydrogens (tertiary/aromatic N) is 3. The zero-order valence-electron chi connectivity index (χ0n) is 17.8. The summed E-state index contributed by atoms with van der Waals surface area (Å²) in [5, 5.41) is 10.4. The van der Waals surface area contributed by atoms with E-state index in [1.807, 2.05) is 48.2 Å². The van der Waals surface area contributed by atoms with Gasteiger partial charge in [-0.15, -0.1) is 5.10 Å². The fourth-order valence-corrected chi connectivity index (χ4v) is 5.14. The Morgan fingerprint density at radius 2 is 2.00 bits per heavy atom. The summed E-state index contributed by atoms with van der Waals surface area (Å²) in [5.74, 6) is 1.15. The second kappa shape index (κ2) is 7.73. The molecule has 2 aromatic carbocycles. The van der Waals surface area contributed by atoms with Crippen molar-refractivity contribution < 1.29 is 19.1 Å². The number of carbonyl (C=O) groups excluding carboxylic acids is 2. The number of carbonyl (C=O) groups is 2. The Morgan fingerprint density at radius 3 is 2.85 bits per heavy atom. The lowest BCUT2D eigenvalue weighted by Gasteiger charge is -2.21. The first-order valence-electron chi connectivity index (χ1n) is 10.8. The Kier molecular flexibility index (Phi) is 4.68. The lowest BCUT2D eigenvalue weighted by atomic mass is 10.0. The molecule has 10 heteroatoms. The molecule has 1 saturated heterocycles. The van der Waals surface area contributed by atoms with E-state index in [0.29, 0.717) is 36.5 Å². The van der Waals surface area contributed by atoms with Crippen LogP contribution in [0.5, 0.6) is 11.5 Å². The average molecular weight is 464 g/mol. The van der Waals surface area contributed by atoms with Crippen molar-refractivity contribution in [2.75, 3.05) is 25.2 Å². The second-order valence-corrected chi connectivity index (χ2v) is 9.36. The lowest BCUT2D eigenvalue weighted by Crippen LogP contribution is -2.39. The third-order valence-electron chi connectivity index (χ3n) is 6.36. The Balaban J connectivity index is 1.23. The van der Waals surface area contributed by atoms with Crippen molar-refractivity contribution >= 4 is 29.0 Å². The predicted molar refractivity (Wildman–Crippen MR) is 122 cm³/mol. The fourth-order valence-electron chi connectivity index (χ4n) is 4.67. The maximum Gasteiger partial charge on any atom is 0.273 e. The molecule has 9 nitrogen and oxygen atoms in total. The zero-order chi connectivity index (χ0) is 22.5. The minimum Gasteiger partial charge on any atom is -0.454 e. The van der Waals surface area contributed by atoms with Crippen LogP contribution in [-0.2, 0) is 0 Å². The normalized spacial score (nSPS) is 20.6. The van der Waals surface area contributed by atoms with Crippen molar-refractivity contribution in [1.82, 2.24) is 19.8 Å². The van der Waals surface area contributed by atoms with Crippen LogP contribution in [0.25, 0.3) is 11.1 Å². The van der Waals surface area contributed by atoms with Crippen molar-refractivity contribution in [1.29, 1.82) is 0 Å². The number of amides is 2. The summed E-state index contributed by atoms with van der Waals surface area (Å²) in [4.78, 5) is 28.7. The van der Waals surface area contributed by atoms with Gasteiger partial charge in [-0.05, 0) is 60.3 Å². The topological polar surface area (TPSA) is 106 Å². The molecule has 2 amide bonds. The Hall–Kier alpha value is -3.66. The van der Waals surface area contributed by atoms with Crippen LogP contribution in [0.15, 0.2) is 36.4 Å². The van der Waals surface area contributed by atoms with Crippen LogP contribution < -0.4 is 20.1 Å². The van der Waals surface area contributed by atoms with E-state index >= 15 is 0 Å². The maximum atomic E-state index is 13.5. The SMILES string of the molecule is Cc1snnc1C(=O)NC1C[C@H]2CNc3ccc(-c4ccc5c(c4)OCO5)cc3C(=O)N2C1. The van der Waals surface area contributed by atoms with E-state index in [4.69, 9.17) is 9.47 Å². The van der Waals surface area contributed by atoms with Crippen LogP contribution in [0, 0.1) is 6.92 Å². The van der Waals surface area contributed by atoms with E-state index in [-0.39, 0.29) is 30.7 Å². The predicted octanol–water partition coefficient (Wildman–Crippen LogP) is 2.68. The highest BCUT2D eigenvalue weighted by Crippen LogP contribution is 2.37. The molecule has 0 aliphatic carbocycles. The quantitative estimate of drug-likeness (QED) is 0.615. The van der Waals surface area contributed by atoms with Gasteiger partial charge in [0.2, 0.25) is 6.79 Å². The minimum atomic E-state index is -0.241. The molecular formula is C23H21N5O4S. The van der Waals surface area contributed by atoms with Gasteiger partial charge in [0.25, 0.3) is 11.8 Å². The van der Waals surface area contributed by atoms with Crippen molar-refractivity contribution in [2.45, 2.75) is 25.4 Å². The molecule has 4 heterocycles. The molecule has 1 fully saturated rings. The summed E-state index contributed by atoms with van der Waals surface area (Å²) in [5.41, 5.74) is 3.68. The first-order valence-corrected chi connectivity index (χ1v) is 11.5. The van der Waals surface area contributed by atoms with Gasteiger partial charge in [-0.1, -0.05) is 16.6 Å². The number of benzene rings is 2. The van der Waals surface area contributed by atoms with Crippen LogP contribution >= 0.6 is 11.5 Å². The third kappa shape index (κ3) is 3.46. The monoisotopic (exact) mass is 463 g/mol. The number of nitrogens with one attached hydrogen (secondary N) is 2. The number of aryl methyl sites for hydroxylation is 1. The van der Waals surface area contributed by atoms with Gasteiger partial charge in [-0.25, -0.2) is 0 Å². The number of aromatic nitrogens is 2. The first-order chi connectivity index (χ1) is 16.1. The Bertz CT molecular complexity index is 1280. The number of fused-ring (bicyclic) bond motifs is 3. The summed E-state index contributed by atoms with van der Waals surface area (Å²) in [6, 6.07) is 11.5. The summed E-state index contributed by atoms with van der Waals surface area (Å²) in [6.45, 7) is 3.13. The lowest BCUT2D eigenvalue weighted by molar-refractivity contribution is 0.0743. The second-order valence-electron chi connectivity index (χ2n) is 8.40. The van der Waals surface area contributed by atoms with Gasteiger partial charge in [0.05, 0.1) is 16.5 Å².